The van der Waals surface area contributed by atoms with Crippen molar-refractivity contribution in [2.75, 3.05) is 24.5 Å². The number of halogens is 1. The molecule has 1 aliphatic carbocycles. The molecule has 132 valence electrons. The number of rotatable bonds is 2. The van der Waals surface area contributed by atoms with Gasteiger partial charge in [-0.25, -0.2) is 4.39 Å². The van der Waals surface area contributed by atoms with Crippen LogP contribution in [0.5, 0.6) is 0 Å². The maximum atomic E-state index is 14.1. The van der Waals surface area contributed by atoms with Gasteiger partial charge in [0.2, 0.25) is 5.91 Å². The van der Waals surface area contributed by atoms with E-state index < -0.39 is 0 Å². The highest BCUT2D eigenvalue weighted by Crippen LogP contribution is 2.27. The van der Waals surface area contributed by atoms with E-state index in [1.807, 2.05) is 17.9 Å². The Kier molecular flexibility index (Phi) is 4.15. The third-order valence-corrected chi connectivity index (χ3v) is 5.32. The molecule has 1 aromatic heterocycles. The van der Waals surface area contributed by atoms with Gasteiger partial charge in [-0.2, -0.15) is 15.4 Å². The molecule has 0 spiro atoms. The van der Waals surface area contributed by atoms with Crippen LogP contribution in [0.2, 0.25) is 0 Å². The van der Waals surface area contributed by atoms with E-state index in [1.54, 1.807) is 12.1 Å². The van der Waals surface area contributed by atoms with Crippen molar-refractivity contribution < 1.29 is 9.18 Å². The van der Waals surface area contributed by atoms with E-state index in [4.69, 9.17) is 0 Å². The number of aromatic nitrogens is 3. The first-order chi connectivity index (χ1) is 12.1. The van der Waals surface area contributed by atoms with Gasteiger partial charge in [-0.3, -0.25) is 4.79 Å². The molecule has 1 aliphatic heterocycles. The van der Waals surface area contributed by atoms with E-state index in [-0.39, 0.29) is 23.7 Å². The number of carbonyl (C=O) groups excluding carboxylic acids is 1. The fraction of sp³-hybridized carbons (Fsp3) is 0.500. The fourth-order valence-electron chi connectivity index (χ4n) is 3.95. The zero-order chi connectivity index (χ0) is 17.4. The summed E-state index contributed by atoms with van der Waals surface area (Å²) in [6.07, 6.45) is 2.28. The second-order valence-corrected chi connectivity index (χ2v) is 6.93. The number of aryl methyl sites for hydroxylation is 1. The average molecular weight is 343 g/mol. The summed E-state index contributed by atoms with van der Waals surface area (Å²) in [6, 6.07) is 6.92. The van der Waals surface area contributed by atoms with E-state index in [0.29, 0.717) is 31.7 Å². The molecular weight excluding hydrogens is 321 g/mol. The number of hydrogen-bond acceptors (Lipinski definition) is 4. The van der Waals surface area contributed by atoms with E-state index in [9.17, 15) is 9.18 Å². The standard InChI is InChI=1S/C18H22FN5O/c1-12-11-23(8-9-24(12)17-5-3-2-4-14(17)19)18(25)13-6-7-15-16(10-13)21-22-20-15/h2-5,12-13H,6-11H2,1H3,(H,20,21,22). The number of H-pyrrole nitrogens is 1. The highest BCUT2D eigenvalue weighted by Gasteiger charge is 2.34. The van der Waals surface area contributed by atoms with Crippen LogP contribution in [0.3, 0.4) is 0 Å². The molecule has 0 saturated carbocycles. The molecule has 7 heteroatoms. The van der Waals surface area contributed by atoms with Crippen LogP contribution < -0.4 is 4.90 Å². The summed E-state index contributed by atoms with van der Waals surface area (Å²) in [5.41, 5.74) is 2.52. The largest absolute Gasteiger partial charge is 0.363 e. The van der Waals surface area contributed by atoms with E-state index in [1.165, 1.54) is 6.07 Å². The molecular formula is C18H22FN5O. The molecule has 2 heterocycles. The van der Waals surface area contributed by atoms with Crippen molar-refractivity contribution >= 4 is 11.6 Å². The number of anilines is 1. The fourth-order valence-corrected chi connectivity index (χ4v) is 3.95. The third kappa shape index (κ3) is 2.99. The monoisotopic (exact) mass is 343 g/mol. The first kappa shape index (κ1) is 16.1. The summed E-state index contributed by atoms with van der Waals surface area (Å²) in [7, 11) is 0. The Morgan fingerprint density at radius 3 is 2.84 bits per heavy atom. The van der Waals surface area contributed by atoms with Gasteiger partial charge in [0.15, 0.2) is 0 Å². The highest BCUT2D eigenvalue weighted by molar-refractivity contribution is 5.80. The van der Waals surface area contributed by atoms with Crippen molar-refractivity contribution in [1.82, 2.24) is 20.3 Å². The molecule has 4 rings (SSSR count). The van der Waals surface area contributed by atoms with Gasteiger partial charge < -0.3 is 9.80 Å². The Bertz CT molecular complexity index is 776. The van der Waals surface area contributed by atoms with E-state index in [0.717, 1.165) is 24.2 Å². The molecule has 6 nitrogen and oxygen atoms in total. The van der Waals surface area contributed by atoms with Crippen molar-refractivity contribution in [2.45, 2.75) is 32.2 Å². The Morgan fingerprint density at radius 1 is 1.24 bits per heavy atom. The maximum Gasteiger partial charge on any atom is 0.226 e. The number of nitrogens with one attached hydrogen (secondary N) is 1. The van der Waals surface area contributed by atoms with Crippen LogP contribution in [-0.2, 0) is 17.6 Å². The number of fused-ring (bicyclic) bond motifs is 1. The zero-order valence-electron chi connectivity index (χ0n) is 14.3. The van der Waals surface area contributed by atoms with Gasteiger partial charge in [-0.1, -0.05) is 12.1 Å². The van der Waals surface area contributed by atoms with Gasteiger partial charge in [0.25, 0.3) is 0 Å². The van der Waals surface area contributed by atoms with Crippen LogP contribution in [0, 0.1) is 11.7 Å². The Labute approximate surface area is 146 Å². The van der Waals surface area contributed by atoms with Crippen molar-refractivity contribution in [3.63, 3.8) is 0 Å². The van der Waals surface area contributed by atoms with Crippen LogP contribution in [0.4, 0.5) is 10.1 Å². The molecule has 1 amide bonds. The van der Waals surface area contributed by atoms with Gasteiger partial charge in [-0.15, -0.1) is 0 Å². The third-order valence-electron chi connectivity index (χ3n) is 5.32. The van der Waals surface area contributed by atoms with Crippen molar-refractivity contribution in [3.8, 4) is 0 Å². The van der Waals surface area contributed by atoms with Gasteiger partial charge in [0.1, 0.15) is 5.82 Å². The van der Waals surface area contributed by atoms with Crippen LogP contribution in [0.1, 0.15) is 24.7 Å². The number of aromatic amines is 1. The molecule has 25 heavy (non-hydrogen) atoms. The summed E-state index contributed by atoms with van der Waals surface area (Å²) in [6.45, 7) is 3.94. The lowest BCUT2D eigenvalue weighted by Gasteiger charge is -2.42. The number of para-hydroxylation sites is 1. The summed E-state index contributed by atoms with van der Waals surface area (Å²) >= 11 is 0. The number of carbonyl (C=O) groups is 1. The summed E-state index contributed by atoms with van der Waals surface area (Å²) in [5.74, 6) is -0.0431. The lowest BCUT2D eigenvalue weighted by atomic mass is 9.88. The summed E-state index contributed by atoms with van der Waals surface area (Å²) < 4.78 is 14.1. The molecule has 0 radical (unpaired) electrons. The molecule has 2 unspecified atom stereocenters. The SMILES string of the molecule is CC1CN(C(=O)C2CCc3n[nH]nc3C2)CCN1c1ccccc1F. The van der Waals surface area contributed by atoms with Crippen LogP contribution in [-0.4, -0.2) is 51.9 Å². The quantitative estimate of drug-likeness (QED) is 0.903. The maximum absolute atomic E-state index is 14.1. The predicted molar refractivity (Wildman–Crippen MR) is 91.7 cm³/mol. The van der Waals surface area contributed by atoms with Crippen LogP contribution >= 0.6 is 0 Å². The smallest absolute Gasteiger partial charge is 0.226 e. The molecule has 0 bridgehead atoms. The molecule has 2 atom stereocenters. The van der Waals surface area contributed by atoms with E-state index >= 15 is 0 Å². The molecule has 1 aromatic carbocycles. The second kappa shape index (κ2) is 6.46. The van der Waals surface area contributed by atoms with Crippen molar-refractivity contribution in [3.05, 3.63) is 41.5 Å². The summed E-state index contributed by atoms with van der Waals surface area (Å²) in [4.78, 5) is 16.9. The minimum absolute atomic E-state index is 0.0233. The van der Waals surface area contributed by atoms with Gasteiger partial charge in [0, 0.05) is 38.0 Å². The Hall–Kier alpha value is -2.44. The molecule has 1 fully saturated rings. The number of amides is 1. The van der Waals surface area contributed by atoms with Gasteiger partial charge in [0.05, 0.1) is 17.1 Å². The molecule has 2 aromatic rings. The number of benzene rings is 1. The van der Waals surface area contributed by atoms with Crippen LogP contribution in [0.15, 0.2) is 24.3 Å². The summed E-state index contributed by atoms with van der Waals surface area (Å²) in [5, 5.41) is 10.9. The molecule has 2 aliphatic rings. The number of nitrogens with zero attached hydrogens (tertiary/aromatic N) is 4. The first-order valence-electron chi connectivity index (χ1n) is 8.82. The topological polar surface area (TPSA) is 65.1 Å². The van der Waals surface area contributed by atoms with Crippen LogP contribution in [0.25, 0.3) is 0 Å². The van der Waals surface area contributed by atoms with Crippen molar-refractivity contribution in [1.29, 1.82) is 0 Å². The molecule has 1 N–H and O–H groups in total. The minimum atomic E-state index is -0.208. The van der Waals surface area contributed by atoms with Gasteiger partial charge in [-0.05, 0) is 31.9 Å². The van der Waals surface area contributed by atoms with E-state index in [2.05, 4.69) is 20.3 Å². The zero-order valence-corrected chi connectivity index (χ0v) is 14.3. The highest BCUT2D eigenvalue weighted by atomic mass is 19.1. The number of hydrogen-bond donors (Lipinski definition) is 1. The number of piperazine rings is 1. The van der Waals surface area contributed by atoms with Gasteiger partial charge >= 0.3 is 0 Å². The molecule has 1 saturated heterocycles. The predicted octanol–water partition coefficient (Wildman–Crippen LogP) is 1.79. The first-order valence-corrected chi connectivity index (χ1v) is 8.82. The van der Waals surface area contributed by atoms with Crippen molar-refractivity contribution in [2.24, 2.45) is 5.92 Å². The lowest BCUT2D eigenvalue weighted by molar-refractivity contribution is -0.136. The Morgan fingerprint density at radius 2 is 2.04 bits per heavy atom. The normalized spacial score (nSPS) is 23.4. The minimum Gasteiger partial charge on any atom is -0.363 e. The average Bonchev–Trinajstić information content (AvgIpc) is 3.09. The second-order valence-electron chi connectivity index (χ2n) is 6.93. The Balaban J connectivity index is 1.42. The lowest BCUT2D eigenvalue weighted by Crippen LogP contribution is -2.55.